The summed E-state index contributed by atoms with van der Waals surface area (Å²) in [5.74, 6) is -1.91. The Bertz CT molecular complexity index is 518. The number of amides is 1. The number of thiazole rings is 1. The van der Waals surface area contributed by atoms with E-state index in [0.717, 1.165) is 11.3 Å². The molecule has 0 unspecified atom stereocenters. The highest BCUT2D eigenvalue weighted by Crippen LogP contribution is 2.41. The van der Waals surface area contributed by atoms with Crippen molar-refractivity contribution in [2.45, 2.75) is 44.4 Å². The third-order valence-electron chi connectivity index (χ3n) is 3.81. The van der Waals surface area contributed by atoms with Crippen LogP contribution in [0.3, 0.4) is 0 Å². The van der Waals surface area contributed by atoms with E-state index in [1.54, 1.807) is 6.92 Å². The lowest BCUT2D eigenvalue weighted by Gasteiger charge is -2.37. The largest absolute Gasteiger partial charge is 0.391 e. The molecule has 1 amide bonds. The molecule has 2 atom stereocenters. The molecule has 21 heavy (non-hydrogen) atoms. The molecule has 2 N–H and O–H groups in total. The summed E-state index contributed by atoms with van der Waals surface area (Å²) in [6.45, 7) is 1.51. The number of carbonyl (C=O) groups is 1. The maximum atomic E-state index is 12.8. The number of nitrogens with zero attached hydrogens (tertiary/aromatic N) is 1. The SMILES string of the molecule is Cc1ncsc1C(=O)NC[C@@]1(O)CCC[C@H](C(F)(F)F)C1. The van der Waals surface area contributed by atoms with E-state index in [1.807, 2.05) is 0 Å². The third-order valence-corrected chi connectivity index (χ3v) is 4.74. The molecule has 1 heterocycles. The Hall–Kier alpha value is -1.15. The van der Waals surface area contributed by atoms with Gasteiger partial charge in [-0.2, -0.15) is 13.2 Å². The van der Waals surface area contributed by atoms with Gasteiger partial charge in [0.05, 0.1) is 22.7 Å². The number of rotatable bonds is 3. The van der Waals surface area contributed by atoms with Gasteiger partial charge in [-0.1, -0.05) is 0 Å². The lowest BCUT2D eigenvalue weighted by molar-refractivity contribution is -0.199. The van der Waals surface area contributed by atoms with Crippen molar-refractivity contribution >= 4 is 17.2 Å². The van der Waals surface area contributed by atoms with E-state index in [2.05, 4.69) is 10.3 Å². The van der Waals surface area contributed by atoms with Crippen LogP contribution in [0.2, 0.25) is 0 Å². The molecule has 2 rings (SSSR count). The normalized spacial score (nSPS) is 26.6. The maximum absolute atomic E-state index is 12.8. The summed E-state index contributed by atoms with van der Waals surface area (Å²) in [6, 6.07) is 0. The molecular weight excluding hydrogens is 305 g/mol. The molecule has 1 aromatic heterocycles. The maximum Gasteiger partial charge on any atom is 0.391 e. The van der Waals surface area contributed by atoms with Gasteiger partial charge in [-0.15, -0.1) is 11.3 Å². The number of carbonyl (C=O) groups excluding carboxylic acids is 1. The number of aliphatic hydroxyl groups is 1. The van der Waals surface area contributed by atoms with E-state index in [9.17, 15) is 23.1 Å². The molecule has 0 spiro atoms. The standard InChI is InChI=1S/C13H17F3N2O2S/c1-8-10(21-7-18-8)11(19)17-6-12(20)4-2-3-9(5-12)13(14,15)16/h7,9,20H,2-6H2,1H3,(H,17,19)/t9-,12+/m0/s1. The molecule has 1 aromatic rings. The van der Waals surface area contributed by atoms with Crippen LogP contribution in [-0.4, -0.2) is 34.3 Å². The molecule has 1 fully saturated rings. The molecule has 0 bridgehead atoms. The van der Waals surface area contributed by atoms with Crippen molar-refractivity contribution in [1.29, 1.82) is 0 Å². The minimum atomic E-state index is -4.30. The summed E-state index contributed by atoms with van der Waals surface area (Å²) in [6.07, 6.45) is -4.06. The Morgan fingerprint density at radius 2 is 2.33 bits per heavy atom. The van der Waals surface area contributed by atoms with Crippen LogP contribution >= 0.6 is 11.3 Å². The van der Waals surface area contributed by atoms with Crippen LogP contribution in [0.1, 0.15) is 41.0 Å². The van der Waals surface area contributed by atoms with Gasteiger partial charge < -0.3 is 10.4 Å². The third kappa shape index (κ3) is 3.94. The highest BCUT2D eigenvalue weighted by atomic mass is 32.1. The average molecular weight is 322 g/mol. The second-order valence-electron chi connectivity index (χ2n) is 5.51. The van der Waals surface area contributed by atoms with E-state index >= 15 is 0 Å². The molecule has 4 nitrogen and oxygen atoms in total. The number of hydrogen-bond acceptors (Lipinski definition) is 4. The fourth-order valence-corrected chi connectivity index (χ4v) is 3.34. The highest BCUT2D eigenvalue weighted by Gasteiger charge is 2.47. The monoisotopic (exact) mass is 322 g/mol. The lowest BCUT2D eigenvalue weighted by atomic mass is 9.77. The van der Waals surface area contributed by atoms with Gasteiger partial charge >= 0.3 is 6.18 Å². The molecule has 1 aliphatic rings. The van der Waals surface area contributed by atoms with E-state index in [-0.39, 0.29) is 25.8 Å². The summed E-state index contributed by atoms with van der Waals surface area (Å²) in [5.41, 5.74) is 0.604. The average Bonchev–Trinajstić information content (AvgIpc) is 2.81. The lowest BCUT2D eigenvalue weighted by Crippen LogP contribution is -2.48. The molecule has 118 valence electrons. The summed E-state index contributed by atoms with van der Waals surface area (Å²) in [5, 5.41) is 12.8. The number of aromatic nitrogens is 1. The van der Waals surface area contributed by atoms with Crippen LogP contribution in [0.4, 0.5) is 13.2 Å². The van der Waals surface area contributed by atoms with Crippen molar-refractivity contribution < 1.29 is 23.1 Å². The van der Waals surface area contributed by atoms with Crippen molar-refractivity contribution in [1.82, 2.24) is 10.3 Å². The van der Waals surface area contributed by atoms with Gasteiger partial charge in [-0.05, 0) is 32.6 Å². The molecule has 1 aliphatic carbocycles. The van der Waals surface area contributed by atoms with Crippen LogP contribution in [0.25, 0.3) is 0 Å². The van der Waals surface area contributed by atoms with Crippen LogP contribution in [0.5, 0.6) is 0 Å². The number of alkyl halides is 3. The van der Waals surface area contributed by atoms with Gasteiger partial charge in [0.1, 0.15) is 4.88 Å². The molecule has 0 radical (unpaired) electrons. The smallest absolute Gasteiger partial charge is 0.388 e. The van der Waals surface area contributed by atoms with Crippen molar-refractivity contribution in [2.24, 2.45) is 5.92 Å². The Kier molecular flexibility index (Phi) is 4.57. The molecule has 1 saturated carbocycles. The Morgan fingerprint density at radius 1 is 1.62 bits per heavy atom. The van der Waals surface area contributed by atoms with E-state index in [4.69, 9.17) is 0 Å². The van der Waals surface area contributed by atoms with Gasteiger partial charge in [-0.3, -0.25) is 4.79 Å². The molecule has 8 heteroatoms. The van der Waals surface area contributed by atoms with E-state index in [1.165, 1.54) is 5.51 Å². The summed E-state index contributed by atoms with van der Waals surface area (Å²) < 4.78 is 38.3. The van der Waals surface area contributed by atoms with Crippen LogP contribution in [0.15, 0.2) is 5.51 Å². The van der Waals surface area contributed by atoms with Crippen molar-refractivity contribution in [3.8, 4) is 0 Å². The highest BCUT2D eigenvalue weighted by molar-refractivity contribution is 7.11. The Morgan fingerprint density at radius 3 is 2.90 bits per heavy atom. The zero-order valence-electron chi connectivity index (χ0n) is 11.5. The topological polar surface area (TPSA) is 62.2 Å². The predicted octanol–water partition coefficient (Wildman–Crippen LogP) is 2.66. The number of nitrogens with one attached hydrogen (secondary N) is 1. The zero-order valence-corrected chi connectivity index (χ0v) is 12.4. The summed E-state index contributed by atoms with van der Waals surface area (Å²) in [7, 11) is 0. The second-order valence-corrected chi connectivity index (χ2v) is 6.36. The first kappa shape index (κ1) is 16.2. The fraction of sp³-hybridized carbons (Fsp3) is 0.692. The predicted molar refractivity (Wildman–Crippen MR) is 72.1 cm³/mol. The molecular formula is C13H17F3N2O2S. The molecule has 0 aromatic carbocycles. The minimum Gasteiger partial charge on any atom is -0.388 e. The molecule has 0 aliphatic heterocycles. The first-order valence-electron chi connectivity index (χ1n) is 6.69. The first-order valence-corrected chi connectivity index (χ1v) is 7.57. The number of aryl methyl sites for hydroxylation is 1. The number of hydrogen-bond donors (Lipinski definition) is 2. The molecule has 0 saturated heterocycles. The summed E-state index contributed by atoms with van der Waals surface area (Å²) in [4.78, 5) is 16.3. The minimum absolute atomic E-state index is 0.0354. The van der Waals surface area contributed by atoms with Gasteiger partial charge in [0.15, 0.2) is 0 Å². The van der Waals surface area contributed by atoms with Gasteiger partial charge in [0.25, 0.3) is 5.91 Å². The van der Waals surface area contributed by atoms with E-state index in [0.29, 0.717) is 17.0 Å². The van der Waals surface area contributed by atoms with Gasteiger partial charge in [0, 0.05) is 6.54 Å². The first-order chi connectivity index (χ1) is 9.71. The van der Waals surface area contributed by atoms with Crippen molar-refractivity contribution in [3.05, 3.63) is 16.1 Å². The zero-order chi connectivity index (χ0) is 15.7. The number of halogens is 3. The Balaban J connectivity index is 1.95. The quantitative estimate of drug-likeness (QED) is 0.899. The van der Waals surface area contributed by atoms with Crippen molar-refractivity contribution in [3.63, 3.8) is 0 Å². The van der Waals surface area contributed by atoms with E-state index < -0.39 is 23.6 Å². The second kappa shape index (κ2) is 5.92. The van der Waals surface area contributed by atoms with Gasteiger partial charge in [0.2, 0.25) is 0 Å². The van der Waals surface area contributed by atoms with Crippen LogP contribution < -0.4 is 5.32 Å². The van der Waals surface area contributed by atoms with Crippen LogP contribution in [-0.2, 0) is 0 Å². The fourth-order valence-electron chi connectivity index (χ4n) is 2.63. The Labute approximate surface area is 124 Å². The van der Waals surface area contributed by atoms with Crippen molar-refractivity contribution in [2.75, 3.05) is 6.54 Å². The van der Waals surface area contributed by atoms with Crippen LogP contribution in [0, 0.1) is 12.8 Å². The van der Waals surface area contributed by atoms with Gasteiger partial charge in [-0.25, -0.2) is 4.98 Å². The summed E-state index contributed by atoms with van der Waals surface area (Å²) >= 11 is 1.16.